The molecule has 0 aliphatic rings. The first-order chi connectivity index (χ1) is 7.95. The average molecular weight is 249 g/mol. The van der Waals surface area contributed by atoms with E-state index >= 15 is 0 Å². The Morgan fingerprint density at radius 2 is 1.94 bits per heavy atom. The molecule has 0 saturated heterocycles. The molecule has 0 spiro atoms. The Balaban J connectivity index is 2.93. The molecule has 4 nitrogen and oxygen atoms in total. The highest BCUT2D eigenvalue weighted by molar-refractivity contribution is 5.77. The zero-order valence-electron chi connectivity index (χ0n) is 8.84. The van der Waals surface area contributed by atoms with E-state index in [2.05, 4.69) is 10.1 Å². The van der Waals surface area contributed by atoms with Crippen LogP contribution in [0.2, 0.25) is 0 Å². The summed E-state index contributed by atoms with van der Waals surface area (Å²) in [5, 5.41) is 11.0. The van der Waals surface area contributed by atoms with Crippen molar-refractivity contribution in [2.45, 2.75) is 6.04 Å². The van der Waals surface area contributed by atoms with Gasteiger partial charge >= 0.3 is 5.97 Å². The van der Waals surface area contributed by atoms with E-state index in [0.717, 1.165) is 0 Å². The average Bonchev–Trinajstić information content (AvgIpc) is 2.24. The molecule has 0 amide bonds. The third-order valence-electron chi connectivity index (χ3n) is 1.97. The second-order valence-corrected chi connectivity index (χ2v) is 3.24. The molecule has 94 valence electrons. The van der Waals surface area contributed by atoms with Crippen LogP contribution in [0.1, 0.15) is 0 Å². The number of rotatable bonds is 5. The zero-order chi connectivity index (χ0) is 13.0. The Hall–Kier alpha value is -1.76. The van der Waals surface area contributed by atoms with Gasteiger partial charge in [-0.2, -0.15) is 0 Å². The van der Waals surface area contributed by atoms with Gasteiger partial charge in [0.15, 0.2) is 11.6 Å². The van der Waals surface area contributed by atoms with Gasteiger partial charge in [0.25, 0.3) is 0 Å². The number of ether oxygens (including phenoxy) is 1. The number of hydrogen-bond donors (Lipinski definition) is 2. The van der Waals surface area contributed by atoms with Crippen molar-refractivity contribution in [3.05, 3.63) is 29.6 Å². The molecule has 1 unspecified atom stereocenters. The van der Waals surface area contributed by atoms with Crippen LogP contribution < -0.4 is 5.32 Å². The van der Waals surface area contributed by atoms with E-state index in [9.17, 15) is 18.0 Å². The lowest BCUT2D eigenvalue weighted by atomic mass is 10.2. The Labute approximate surface area is 95.0 Å². The molecular formula is C10H10F3NO3. The fourth-order valence-corrected chi connectivity index (χ4v) is 1.16. The summed E-state index contributed by atoms with van der Waals surface area (Å²) in [6.45, 7) is -0.242. The second-order valence-electron chi connectivity index (χ2n) is 3.24. The first-order valence-corrected chi connectivity index (χ1v) is 4.58. The SMILES string of the molecule is COCC(Nc1cc(F)c(F)cc1F)C(=O)O. The normalized spacial score (nSPS) is 12.2. The number of carbonyl (C=O) groups is 1. The Morgan fingerprint density at radius 1 is 1.35 bits per heavy atom. The monoisotopic (exact) mass is 249 g/mol. The van der Waals surface area contributed by atoms with Gasteiger partial charge in [0.2, 0.25) is 0 Å². The third-order valence-corrected chi connectivity index (χ3v) is 1.97. The highest BCUT2D eigenvalue weighted by Crippen LogP contribution is 2.19. The predicted octanol–water partition coefficient (Wildman–Crippen LogP) is 1.62. The van der Waals surface area contributed by atoms with Gasteiger partial charge in [-0.1, -0.05) is 0 Å². The van der Waals surface area contributed by atoms with Gasteiger partial charge < -0.3 is 15.2 Å². The fraction of sp³-hybridized carbons (Fsp3) is 0.300. The molecule has 7 heteroatoms. The maximum absolute atomic E-state index is 13.2. The van der Waals surface area contributed by atoms with Gasteiger partial charge in [-0.05, 0) is 0 Å². The molecular weight excluding hydrogens is 239 g/mol. The summed E-state index contributed by atoms with van der Waals surface area (Å²) >= 11 is 0. The number of aliphatic carboxylic acids is 1. The highest BCUT2D eigenvalue weighted by atomic mass is 19.2. The Bertz CT molecular complexity index is 426. The number of hydrogen-bond acceptors (Lipinski definition) is 3. The van der Waals surface area contributed by atoms with Crippen LogP contribution in [0.5, 0.6) is 0 Å². The summed E-state index contributed by atoms with van der Waals surface area (Å²) in [6, 6.07) is -0.362. The first kappa shape index (κ1) is 13.3. The van der Waals surface area contributed by atoms with Crippen LogP contribution in [0.3, 0.4) is 0 Å². The molecule has 1 aromatic rings. The van der Waals surface area contributed by atoms with Crippen LogP contribution in [0.15, 0.2) is 12.1 Å². The number of methoxy groups -OCH3 is 1. The smallest absolute Gasteiger partial charge is 0.328 e. The molecule has 0 saturated carbocycles. The number of anilines is 1. The van der Waals surface area contributed by atoms with Gasteiger partial charge in [-0.3, -0.25) is 0 Å². The molecule has 0 aliphatic heterocycles. The molecule has 0 aliphatic carbocycles. The maximum Gasteiger partial charge on any atom is 0.328 e. The third kappa shape index (κ3) is 3.35. The van der Waals surface area contributed by atoms with Gasteiger partial charge in [0.05, 0.1) is 12.3 Å². The van der Waals surface area contributed by atoms with E-state index in [1.54, 1.807) is 0 Å². The number of benzene rings is 1. The van der Waals surface area contributed by atoms with Crippen LogP contribution in [0.4, 0.5) is 18.9 Å². The lowest BCUT2D eigenvalue weighted by molar-refractivity contribution is -0.139. The van der Waals surface area contributed by atoms with Crippen molar-refractivity contribution in [3.63, 3.8) is 0 Å². The molecule has 1 atom stereocenters. The van der Waals surface area contributed by atoms with Crippen molar-refractivity contribution >= 4 is 11.7 Å². The predicted molar refractivity (Wildman–Crippen MR) is 53.2 cm³/mol. The molecule has 0 radical (unpaired) electrons. The molecule has 0 aromatic heterocycles. The summed E-state index contributed by atoms with van der Waals surface area (Å²) in [7, 11) is 1.26. The summed E-state index contributed by atoms with van der Waals surface area (Å²) < 4.78 is 43.2. The van der Waals surface area contributed by atoms with Crippen LogP contribution in [-0.4, -0.2) is 30.8 Å². The van der Waals surface area contributed by atoms with Crippen LogP contribution in [-0.2, 0) is 9.53 Å². The minimum absolute atomic E-state index is 0.242. The standard InChI is InChI=1S/C10H10F3NO3/c1-17-4-9(10(15)16)14-8-3-6(12)5(11)2-7(8)13/h2-3,9,14H,4H2,1H3,(H,15,16). The summed E-state index contributed by atoms with van der Waals surface area (Å²) in [4.78, 5) is 10.7. The minimum atomic E-state index is -1.34. The lowest BCUT2D eigenvalue weighted by Crippen LogP contribution is -2.34. The molecule has 0 fully saturated rings. The van der Waals surface area contributed by atoms with Crippen LogP contribution >= 0.6 is 0 Å². The van der Waals surface area contributed by atoms with Crippen molar-refractivity contribution in [3.8, 4) is 0 Å². The molecule has 17 heavy (non-hydrogen) atoms. The summed E-state index contributed by atoms with van der Waals surface area (Å²) in [5.41, 5.74) is -0.437. The second kappa shape index (κ2) is 5.53. The van der Waals surface area contributed by atoms with E-state index in [4.69, 9.17) is 5.11 Å². The largest absolute Gasteiger partial charge is 0.480 e. The maximum atomic E-state index is 13.2. The fourth-order valence-electron chi connectivity index (χ4n) is 1.16. The topological polar surface area (TPSA) is 58.6 Å². The summed E-state index contributed by atoms with van der Waals surface area (Å²) in [6.07, 6.45) is 0. The molecule has 0 bridgehead atoms. The van der Waals surface area contributed by atoms with Crippen molar-refractivity contribution in [1.29, 1.82) is 0 Å². The van der Waals surface area contributed by atoms with E-state index in [0.29, 0.717) is 12.1 Å². The Morgan fingerprint density at radius 3 is 2.47 bits per heavy atom. The molecule has 2 N–H and O–H groups in total. The molecule has 1 rings (SSSR count). The van der Waals surface area contributed by atoms with E-state index < -0.39 is 35.2 Å². The van der Waals surface area contributed by atoms with Crippen LogP contribution in [0.25, 0.3) is 0 Å². The number of carboxylic acid groups (broad SMARTS) is 1. The molecule has 1 aromatic carbocycles. The Kier molecular flexibility index (Phi) is 4.33. The van der Waals surface area contributed by atoms with Crippen LogP contribution in [0, 0.1) is 17.5 Å². The number of carboxylic acids is 1. The van der Waals surface area contributed by atoms with Gasteiger partial charge in [-0.15, -0.1) is 0 Å². The van der Waals surface area contributed by atoms with Gasteiger partial charge in [-0.25, -0.2) is 18.0 Å². The van der Waals surface area contributed by atoms with E-state index in [1.807, 2.05) is 0 Å². The minimum Gasteiger partial charge on any atom is -0.480 e. The quantitative estimate of drug-likeness (QED) is 0.778. The first-order valence-electron chi connectivity index (χ1n) is 4.58. The number of nitrogens with one attached hydrogen (secondary N) is 1. The highest BCUT2D eigenvalue weighted by Gasteiger charge is 2.19. The summed E-state index contributed by atoms with van der Waals surface area (Å²) in [5.74, 6) is -4.98. The van der Waals surface area contributed by atoms with Crippen molar-refractivity contribution in [2.75, 3.05) is 19.0 Å². The molecule has 0 heterocycles. The van der Waals surface area contributed by atoms with E-state index in [1.165, 1.54) is 7.11 Å². The van der Waals surface area contributed by atoms with Crippen molar-refractivity contribution in [2.24, 2.45) is 0 Å². The van der Waals surface area contributed by atoms with Gasteiger partial charge in [0.1, 0.15) is 11.9 Å². The van der Waals surface area contributed by atoms with E-state index in [-0.39, 0.29) is 6.61 Å². The number of halogens is 3. The zero-order valence-corrected chi connectivity index (χ0v) is 8.84. The lowest BCUT2D eigenvalue weighted by Gasteiger charge is -2.15. The van der Waals surface area contributed by atoms with Crippen molar-refractivity contribution < 1.29 is 27.8 Å². The van der Waals surface area contributed by atoms with Gasteiger partial charge in [0, 0.05) is 19.2 Å². The van der Waals surface area contributed by atoms with Crippen molar-refractivity contribution in [1.82, 2.24) is 0 Å².